The minimum Gasteiger partial charge on any atom is -0.364 e. The van der Waals surface area contributed by atoms with Gasteiger partial charge in [0.2, 0.25) is 5.91 Å². The third kappa shape index (κ3) is 3.18. The van der Waals surface area contributed by atoms with E-state index in [-0.39, 0.29) is 17.4 Å². The van der Waals surface area contributed by atoms with Crippen LogP contribution in [0.15, 0.2) is 18.7 Å². The van der Waals surface area contributed by atoms with Gasteiger partial charge in [-0.1, -0.05) is 6.92 Å². The Hall–Kier alpha value is -3.10. The summed E-state index contributed by atoms with van der Waals surface area (Å²) in [5.41, 5.74) is 2.24. The summed E-state index contributed by atoms with van der Waals surface area (Å²) in [6, 6.07) is 0.160. The van der Waals surface area contributed by atoms with Gasteiger partial charge in [0.1, 0.15) is 18.0 Å². The molecule has 0 spiro atoms. The second kappa shape index (κ2) is 7.00. The molecule has 2 aliphatic rings. The molecule has 1 atom stereocenters. The molecule has 9 heteroatoms. The summed E-state index contributed by atoms with van der Waals surface area (Å²) in [4.78, 5) is 37.0. The van der Waals surface area contributed by atoms with Crippen molar-refractivity contribution in [1.29, 1.82) is 0 Å². The number of anilines is 1. The van der Waals surface area contributed by atoms with Crippen LogP contribution in [0.3, 0.4) is 0 Å². The van der Waals surface area contributed by atoms with Gasteiger partial charge in [-0.25, -0.2) is 24.9 Å². The smallest absolute Gasteiger partial charge is 0.228 e. The number of aryl methyl sites for hydroxylation is 2. The summed E-state index contributed by atoms with van der Waals surface area (Å²) >= 11 is 0. The first kappa shape index (κ1) is 18.9. The van der Waals surface area contributed by atoms with Crippen molar-refractivity contribution in [3.05, 3.63) is 24.5 Å². The van der Waals surface area contributed by atoms with Crippen molar-refractivity contribution >= 4 is 22.9 Å². The van der Waals surface area contributed by atoms with E-state index in [0.29, 0.717) is 12.4 Å². The number of likely N-dealkylation sites (tertiary alicyclic amines) is 1. The van der Waals surface area contributed by atoms with E-state index >= 15 is 0 Å². The zero-order valence-corrected chi connectivity index (χ0v) is 17.6. The van der Waals surface area contributed by atoms with Crippen molar-refractivity contribution in [3.63, 3.8) is 0 Å². The van der Waals surface area contributed by atoms with Gasteiger partial charge in [0, 0.05) is 43.5 Å². The number of carbonyl (C=O) groups excluding carboxylic acids is 1. The Morgan fingerprint density at radius 2 is 2.00 bits per heavy atom. The normalized spacial score (nSPS) is 20.0. The number of carbonyl (C=O) groups is 1. The molecule has 0 aromatic carbocycles. The zero-order valence-electron chi connectivity index (χ0n) is 17.6. The number of amides is 1. The minimum atomic E-state index is -0.123. The van der Waals surface area contributed by atoms with Crippen LogP contribution in [-0.2, 0) is 11.3 Å². The average molecular weight is 406 g/mol. The van der Waals surface area contributed by atoms with Crippen LogP contribution >= 0.6 is 0 Å². The summed E-state index contributed by atoms with van der Waals surface area (Å²) in [6.07, 6.45) is 8.06. The van der Waals surface area contributed by atoms with Gasteiger partial charge >= 0.3 is 0 Å². The van der Waals surface area contributed by atoms with Gasteiger partial charge in [0.05, 0.1) is 5.56 Å². The lowest BCUT2D eigenvalue weighted by molar-refractivity contribution is -0.135. The van der Waals surface area contributed by atoms with E-state index < -0.39 is 0 Å². The fraction of sp³-hybridized carbons (Fsp3) is 0.524. The SMILES string of the molecule is CCn1c(-c2cnc(C)nc2)nc2c(N[C@H]3CCN(C(=O)C4(C)CC4)C3)ncnc21. The Labute approximate surface area is 175 Å². The molecule has 156 valence electrons. The zero-order chi connectivity index (χ0) is 20.9. The molecule has 0 radical (unpaired) electrons. The Morgan fingerprint density at radius 1 is 1.23 bits per heavy atom. The van der Waals surface area contributed by atoms with Gasteiger partial charge in [0.25, 0.3) is 0 Å². The fourth-order valence-electron chi connectivity index (χ4n) is 4.11. The molecule has 0 bridgehead atoms. The molecular weight excluding hydrogens is 380 g/mol. The Balaban J connectivity index is 1.43. The lowest BCUT2D eigenvalue weighted by Gasteiger charge is -2.20. The van der Waals surface area contributed by atoms with E-state index in [2.05, 4.69) is 43.7 Å². The van der Waals surface area contributed by atoms with E-state index in [4.69, 9.17) is 4.98 Å². The fourth-order valence-corrected chi connectivity index (χ4v) is 4.11. The number of nitrogens with zero attached hydrogens (tertiary/aromatic N) is 7. The summed E-state index contributed by atoms with van der Waals surface area (Å²) in [6.45, 7) is 8.20. The highest BCUT2D eigenvalue weighted by atomic mass is 16.2. The van der Waals surface area contributed by atoms with Crippen LogP contribution in [0.2, 0.25) is 0 Å². The summed E-state index contributed by atoms with van der Waals surface area (Å²) in [5, 5.41) is 3.51. The molecule has 1 aliphatic heterocycles. The van der Waals surface area contributed by atoms with E-state index in [9.17, 15) is 4.79 Å². The van der Waals surface area contributed by atoms with Crippen molar-refractivity contribution in [3.8, 4) is 11.4 Å². The molecule has 1 amide bonds. The molecule has 9 nitrogen and oxygen atoms in total. The third-order valence-electron chi connectivity index (χ3n) is 6.22. The monoisotopic (exact) mass is 406 g/mol. The van der Waals surface area contributed by atoms with Gasteiger partial charge in [-0.3, -0.25) is 4.79 Å². The van der Waals surface area contributed by atoms with Crippen molar-refractivity contribution in [2.45, 2.75) is 52.6 Å². The summed E-state index contributed by atoms with van der Waals surface area (Å²) < 4.78 is 2.05. The lowest BCUT2D eigenvalue weighted by Crippen LogP contribution is -2.36. The molecule has 4 heterocycles. The molecule has 3 aromatic rings. The highest BCUT2D eigenvalue weighted by Gasteiger charge is 2.48. The predicted molar refractivity (Wildman–Crippen MR) is 113 cm³/mol. The highest BCUT2D eigenvalue weighted by Crippen LogP contribution is 2.47. The van der Waals surface area contributed by atoms with Gasteiger partial charge in [-0.15, -0.1) is 0 Å². The third-order valence-corrected chi connectivity index (χ3v) is 6.22. The lowest BCUT2D eigenvalue weighted by atomic mass is 10.1. The van der Waals surface area contributed by atoms with Crippen LogP contribution < -0.4 is 5.32 Å². The first-order valence-corrected chi connectivity index (χ1v) is 10.5. The maximum atomic E-state index is 12.7. The second-order valence-corrected chi connectivity index (χ2v) is 8.53. The number of fused-ring (bicyclic) bond motifs is 1. The molecule has 0 unspecified atom stereocenters. The largest absolute Gasteiger partial charge is 0.364 e. The molecule has 1 aliphatic carbocycles. The maximum absolute atomic E-state index is 12.7. The number of imidazole rings is 1. The van der Waals surface area contributed by atoms with Crippen molar-refractivity contribution in [1.82, 2.24) is 34.4 Å². The summed E-state index contributed by atoms with van der Waals surface area (Å²) in [7, 11) is 0. The standard InChI is InChI=1S/C21H26N8O/c1-4-29-18(14-9-22-13(2)23-10-14)27-16-17(24-12-25-19(16)29)26-15-5-8-28(11-15)20(30)21(3)6-7-21/h9-10,12,15H,4-8,11H2,1-3H3,(H,24,25,26)/t15-/m0/s1. The summed E-state index contributed by atoms with van der Waals surface area (Å²) in [5.74, 6) is 2.50. The maximum Gasteiger partial charge on any atom is 0.228 e. The Bertz CT molecular complexity index is 1100. The van der Waals surface area contributed by atoms with Gasteiger partial charge in [-0.05, 0) is 33.1 Å². The molecule has 30 heavy (non-hydrogen) atoms. The Kier molecular flexibility index (Phi) is 4.41. The van der Waals surface area contributed by atoms with Crippen LogP contribution in [0, 0.1) is 12.3 Å². The predicted octanol–water partition coefficient (Wildman–Crippen LogP) is 2.42. The van der Waals surface area contributed by atoms with Crippen LogP contribution in [0.1, 0.15) is 38.9 Å². The molecule has 1 saturated heterocycles. The molecular formula is C21H26N8O. The molecule has 5 rings (SSSR count). The highest BCUT2D eigenvalue weighted by molar-refractivity contribution is 5.87. The molecule has 1 N–H and O–H groups in total. The Morgan fingerprint density at radius 3 is 2.70 bits per heavy atom. The topological polar surface area (TPSA) is 102 Å². The van der Waals surface area contributed by atoms with Crippen molar-refractivity contribution < 1.29 is 4.79 Å². The van der Waals surface area contributed by atoms with E-state index in [0.717, 1.165) is 60.7 Å². The number of nitrogens with one attached hydrogen (secondary N) is 1. The van der Waals surface area contributed by atoms with Gasteiger partial charge in [0.15, 0.2) is 17.0 Å². The van der Waals surface area contributed by atoms with Crippen molar-refractivity contribution in [2.75, 3.05) is 18.4 Å². The molecule has 1 saturated carbocycles. The van der Waals surface area contributed by atoms with E-state index in [1.807, 2.05) is 11.8 Å². The number of hydrogen-bond acceptors (Lipinski definition) is 7. The van der Waals surface area contributed by atoms with Crippen molar-refractivity contribution in [2.24, 2.45) is 5.41 Å². The quantitative estimate of drug-likeness (QED) is 0.694. The van der Waals surface area contributed by atoms with E-state index in [1.54, 1.807) is 18.7 Å². The minimum absolute atomic E-state index is 0.123. The average Bonchev–Trinajstić information content (AvgIpc) is 3.17. The first-order valence-electron chi connectivity index (χ1n) is 10.5. The molecule has 3 aromatic heterocycles. The number of rotatable bonds is 5. The molecule has 2 fully saturated rings. The van der Waals surface area contributed by atoms with Crippen LogP contribution in [0.5, 0.6) is 0 Å². The van der Waals surface area contributed by atoms with Gasteiger partial charge < -0.3 is 14.8 Å². The van der Waals surface area contributed by atoms with Crippen LogP contribution in [0.4, 0.5) is 5.82 Å². The first-order chi connectivity index (χ1) is 14.5. The van der Waals surface area contributed by atoms with Gasteiger partial charge in [-0.2, -0.15) is 0 Å². The number of aromatic nitrogens is 6. The second-order valence-electron chi connectivity index (χ2n) is 8.53. The van der Waals surface area contributed by atoms with Crippen LogP contribution in [-0.4, -0.2) is 59.4 Å². The van der Waals surface area contributed by atoms with Crippen LogP contribution in [0.25, 0.3) is 22.6 Å². The van der Waals surface area contributed by atoms with E-state index in [1.165, 1.54) is 0 Å². The number of hydrogen-bond donors (Lipinski definition) is 1.